The lowest BCUT2D eigenvalue weighted by atomic mass is 10.1. The highest BCUT2D eigenvalue weighted by Gasteiger charge is 2.16. The van der Waals surface area contributed by atoms with Crippen LogP contribution in [0.1, 0.15) is 25.5 Å². The van der Waals surface area contributed by atoms with Crippen molar-refractivity contribution in [2.75, 3.05) is 19.6 Å². The Bertz CT molecular complexity index is 340. The molecule has 16 heavy (non-hydrogen) atoms. The molecule has 0 aliphatic carbocycles. The summed E-state index contributed by atoms with van der Waals surface area (Å²) in [5.74, 6) is -0.237. The summed E-state index contributed by atoms with van der Waals surface area (Å²) in [4.78, 5) is 2.26. The second-order valence-electron chi connectivity index (χ2n) is 3.65. The molecule has 0 fully saturated rings. The zero-order valence-corrected chi connectivity index (χ0v) is 11.3. The van der Waals surface area contributed by atoms with Crippen LogP contribution in [0.5, 0.6) is 0 Å². The van der Waals surface area contributed by atoms with Gasteiger partial charge in [-0.2, -0.15) is 0 Å². The van der Waals surface area contributed by atoms with Crippen LogP contribution in [-0.2, 0) is 0 Å². The van der Waals surface area contributed by atoms with Gasteiger partial charge in [-0.05, 0) is 46.7 Å². The number of nitrogens with two attached hydrogens (primary N) is 1. The lowest BCUT2D eigenvalue weighted by Crippen LogP contribution is -2.33. The van der Waals surface area contributed by atoms with Crippen LogP contribution in [0.25, 0.3) is 0 Å². The molecule has 1 rings (SSSR count). The molecule has 0 aliphatic rings. The summed E-state index contributed by atoms with van der Waals surface area (Å²) in [7, 11) is 0. The molecular weight excluding hydrogens is 271 g/mol. The van der Waals surface area contributed by atoms with Crippen LogP contribution in [0, 0.1) is 5.82 Å². The van der Waals surface area contributed by atoms with Gasteiger partial charge in [0.2, 0.25) is 0 Å². The first-order chi connectivity index (χ1) is 7.63. The molecular formula is C12H18BrFN2. The Hall–Kier alpha value is -0.450. The normalized spacial score (nSPS) is 13.1. The summed E-state index contributed by atoms with van der Waals surface area (Å²) in [6, 6.07) is 5.25. The van der Waals surface area contributed by atoms with Gasteiger partial charge in [-0.25, -0.2) is 4.39 Å². The molecule has 0 bridgehead atoms. The van der Waals surface area contributed by atoms with Gasteiger partial charge in [-0.3, -0.25) is 4.90 Å². The zero-order valence-electron chi connectivity index (χ0n) is 9.71. The minimum absolute atomic E-state index is 0.159. The molecule has 0 spiro atoms. The van der Waals surface area contributed by atoms with Crippen molar-refractivity contribution >= 4 is 15.9 Å². The van der Waals surface area contributed by atoms with Crippen LogP contribution in [0.2, 0.25) is 0 Å². The van der Waals surface area contributed by atoms with Crippen molar-refractivity contribution in [3.8, 4) is 0 Å². The van der Waals surface area contributed by atoms with Crippen LogP contribution in [-0.4, -0.2) is 24.5 Å². The summed E-state index contributed by atoms with van der Waals surface area (Å²) >= 11 is 3.20. The third-order valence-corrected chi connectivity index (χ3v) is 3.41. The number of benzene rings is 1. The Morgan fingerprint density at radius 1 is 1.38 bits per heavy atom. The molecule has 0 aromatic heterocycles. The third-order valence-electron chi connectivity index (χ3n) is 2.80. The quantitative estimate of drug-likeness (QED) is 0.903. The van der Waals surface area contributed by atoms with E-state index in [4.69, 9.17) is 5.73 Å². The van der Waals surface area contributed by atoms with Crippen LogP contribution in [0.4, 0.5) is 4.39 Å². The average molecular weight is 289 g/mol. The van der Waals surface area contributed by atoms with Gasteiger partial charge in [-0.1, -0.05) is 19.9 Å². The van der Waals surface area contributed by atoms with Crippen LogP contribution in [0.3, 0.4) is 0 Å². The molecule has 1 atom stereocenters. The minimum atomic E-state index is -0.237. The highest BCUT2D eigenvalue weighted by molar-refractivity contribution is 9.10. The van der Waals surface area contributed by atoms with Crippen molar-refractivity contribution in [1.29, 1.82) is 0 Å². The number of hydrogen-bond donors (Lipinski definition) is 1. The molecule has 2 nitrogen and oxygen atoms in total. The Morgan fingerprint density at radius 3 is 2.44 bits per heavy atom. The second-order valence-corrected chi connectivity index (χ2v) is 4.50. The molecule has 0 saturated heterocycles. The monoisotopic (exact) mass is 288 g/mol. The maximum atomic E-state index is 13.1. The smallest absolute Gasteiger partial charge is 0.137 e. The summed E-state index contributed by atoms with van der Waals surface area (Å²) in [5, 5.41) is 0. The Balaban J connectivity index is 2.98. The molecule has 4 heteroatoms. The number of rotatable bonds is 5. The van der Waals surface area contributed by atoms with Gasteiger partial charge in [0.05, 0.1) is 4.47 Å². The van der Waals surface area contributed by atoms with E-state index in [-0.39, 0.29) is 11.9 Å². The van der Waals surface area contributed by atoms with E-state index in [0.717, 1.165) is 18.7 Å². The molecule has 1 unspecified atom stereocenters. The predicted molar refractivity (Wildman–Crippen MR) is 68.8 cm³/mol. The van der Waals surface area contributed by atoms with Crippen molar-refractivity contribution in [2.45, 2.75) is 19.9 Å². The Morgan fingerprint density at radius 2 is 2.00 bits per heavy atom. The highest BCUT2D eigenvalue weighted by atomic mass is 79.9. The van der Waals surface area contributed by atoms with Gasteiger partial charge < -0.3 is 5.73 Å². The van der Waals surface area contributed by atoms with Gasteiger partial charge in [0, 0.05) is 12.6 Å². The molecule has 1 aromatic rings. The van der Waals surface area contributed by atoms with Crippen molar-refractivity contribution in [2.24, 2.45) is 5.73 Å². The predicted octanol–water partition coefficient (Wildman–Crippen LogP) is 2.93. The fraction of sp³-hybridized carbons (Fsp3) is 0.500. The van der Waals surface area contributed by atoms with Gasteiger partial charge in [0.15, 0.2) is 0 Å². The van der Waals surface area contributed by atoms with Crippen molar-refractivity contribution in [1.82, 2.24) is 4.90 Å². The van der Waals surface area contributed by atoms with Crippen molar-refractivity contribution < 1.29 is 4.39 Å². The molecule has 1 aromatic carbocycles. The lowest BCUT2D eigenvalue weighted by Gasteiger charge is -2.29. The van der Waals surface area contributed by atoms with E-state index in [1.807, 2.05) is 6.07 Å². The third kappa shape index (κ3) is 3.03. The molecule has 0 aliphatic heterocycles. The van der Waals surface area contributed by atoms with Crippen LogP contribution < -0.4 is 5.73 Å². The molecule has 0 amide bonds. The van der Waals surface area contributed by atoms with E-state index in [9.17, 15) is 4.39 Å². The second kappa shape index (κ2) is 6.33. The van der Waals surface area contributed by atoms with E-state index >= 15 is 0 Å². The van der Waals surface area contributed by atoms with Gasteiger partial charge in [-0.15, -0.1) is 0 Å². The first kappa shape index (κ1) is 13.6. The van der Waals surface area contributed by atoms with Gasteiger partial charge in [0.25, 0.3) is 0 Å². The van der Waals surface area contributed by atoms with Crippen molar-refractivity contribution in [3.63, 3.8) is 0 Å². The maximum Gasteiger partial charge on any atom is 0.137 e. The number of nitrogens with zero attached hydrogens (tertiary/aromatic N) is 1. The summed E-state index contributed by atoms with van der Waals surface area (Å²) in [6.07, 6.45) is 0. The number of likely N-dealkylation sites (N-methyl/N-ethyl adjacent to an activating group) is 1. The minimum Gasteiger partial charge on any atom is -0.329 e. The molecule has 90 valence electrons. The summed E-state index contributed by atoms with van der Waals surface area (Å²) in [5.41, 5.74) is 6.85. The van der Waals surface area contributed by atoms with E-state index < -0.39 is 0 Å². The number of hydrogen-bond acceptors (Lipinski definition) is 2. The van der Waals surface area contributed by atoms with Crippen LogP contribution >= 0.6 is 15.9 Å². The average Bonchev–Trinajstić information content (AvgIpc) is 2.29. The molecule has 2 N–H and O–H groups in total. The Labute approximate surface area is 105 Å². The SMILES string of the molecule is CCN(CC)C(CN)c1ccc(F)c(Br)c1. The molecule has 0 heterocycles. The standard InChI is InChI=1S/C12H18BrFN2/c1-3-16(4-2)12(8-15)9-5-6-11(14)10(13)7-9/h5-7,12H,3-4,8,15H2,1-2H3. The topological polar surface area (TPSA) is 29.3 Å². The number of halogens is 2. The van der Waals surface area contributed by atoms with E-state index in [1.54, 1.807) is 6.07 Å². The molecule has 0 saturated carbocycles. The zero-order chi connectivity index (χ0) is 12.1. The summed E-state index contributed by atoms with van der Waals surface area (Å²) < 4.78 is 13.6. The Kier molecular flexibility index (Phi) is 5.38. The fourth-order valence-electron chi connectivity index (χ4n) is 1.88. The maximum absolute atomic E-state index is 13.1. The highest BCUT2D eigenvalue weighted by Crippen LogP contribution is 2.24. The van der Waals surface area contributed by atoms with Gasteiger partial charge in [0.1, 0.15) is 5.82 Å². The molecule has 0 radical (unpaired) electrons. The fourth-order valence-corrected chi connectivity index (χ4v) is 2.28. The lowest BCUT2D eigenvalue weighted by molar-refractivity contribution is 0.224. The first-order valence-corrected chi connectivity index (χ1v) is 6.32. The summed E-state index contributed by atoms with van der Waals surface area (Å²) in [6.45, 7) is 6.62. The van der Waals surface area contributed by atoms with Crippen molar-refractivity contribution in [3.05, 3.63) is 34.1 Å². The van der Waals surface area contributed by atoms with E-state index in [1.165, 1.54) is 6.07 Å². The van der Waals surface area contributed by atoms with Crippen LogP contribution in [0.15, 0.2) is 22.7 Å². The van der Waals surface area contributed by atoms with E-state index in [0.29, 0.717) is 11.0 Å². The largest absolute Gasteiger partial charge is 0.329 e. The van der Waals surface area contributed by atoms with E-state index in [2.05, 4.69) is 34.7 Å². The van der Waals surface area contributed by atoms with Gasteiger partial charge >= 0.3 is 0 Å². The first-order valence-electron chi connectivity index (χ1n) is 5.53.